The van der Waals surface area contributed by atoms with Crippen molar-refractivity contribution in [1.82, 2.24) is 0 Å². The molecule has 1 aliphatic heterocycles. The smallest absolute Gasteiger partial charge is 0.312 e. The third-order valence-electron chi connectivity index (χ3n) is 3.45. The number of hydrogen-bond donors (Lipinski definition) is 0. The minimum atomic E-state index is -0.224. The molecule has 3 heteroatoms. The van der Waals surface area contributed by atoms with Gasteiger partial charge in [-0.1, -0.05) is 42.5 Å². The maximum atomic E-state index is 12.0. The van der Waals surface area contributed by atoms with Gasteiger partial charge in [0.2, 0.25) is 0 Å². The fraction of sp³-hybridized carbons (Fsp3) is 0.471. The van der Waals surface area contributed by atoms with Crippen LogP contribution in [-0.2, 0) is 14.3 Å². The Labute approximate surface area is 120 Å². The number of esters is 1. The first-order valence-corrected chi connectivity index (χ1v) is 7.31. The Kier molecular flexibility index (Phi) is 5.81. The van der Waals surface area contributed by atoms with Crippen LogP contribution in [0.3, 0.4) is 0 Å². The zero-order valence-corrected chi connectivity index (χ0v) is 12.0. The second-order valence-electron chi connectivity index (χ2n) is 5.00. The van der Waals surface area contributed by atoms with E-state index in [1.165, 1.54) is 0 Å². The van der Waals surface area contributed by atoms with Crippen molar-refractivity contribution >= 4 is 12.0 Å². The summed E-state index contributed by atoms with van der Waals surface area (Å²) in [6, 6.07) is 9.99. The van der Waals surface area contributed by atoms with E-state index in [4.69, 9.17) is 9.47 Å². The first kappa shape index (κ1) is 14.8. The number of carbonyl (C=O) groups excluding carboxylic acids is 1. The summed E-state index contributed by atoms with van der Waals surface area (Å²) in [7, 11) is 0. The lowest BCUT2D eigenvalue weighted by Gasteiger charge is -2.16. The third kappa shape index (κ3) is 4.49. The normalized spacial score (nSPS) is 20.1. The van der Waals surface area contributed by atoms with Crippen molar-refractivity contribution in [2.75, 3.05) is 13.2 Å². The predicted octanol–water partition coefficient (Wildman–Crippen LogP) is 3.45. The summed E-state index contributed by atoms with van der Waals surface area (Å²) in [6.07, 6.45) is 6.94. The summed E-state index contributed by atoms with van der Waals surface area (Å²) in [6.45, 7) is 3.06. The first-order valence-electron chi connectivity index (χ1n) is 7.31. The lowest BCUT2D eigenvalue weighted by molar-refractivity contribution is -0.147. The number of rotatable bonds is 6. The van der Waals surface area contributed by atoms with Gasteiger partial charge in [0.05, 0.1) is 18.6 Å². The molecule has 3 nitrogen and oxygen atoms in total. The highest BCUT2D eigenvalue weighted by atomic mass is 16.5. The van der Waals surface area contributed by atoms with E-state index in [0.717, 1.165) is 25.0 Å². The van der Waals surface area contributed by atoms with Crippen LogP contribution in [0.25, 0.3) is 6.08 Å². The van der Waals surface area contributed by atoms with Gasteiger partial charge in [0.15, 0.2) is 0 Å². The highest BCUT2D eigenvalue weighted by Gasteiger charge is 2.24. The Morgan fingerprint density at radius 3 is 2.90 bits per heavy atom. The van der Waals surface area contributed by atoms with Gasteiger partial charge in [-0.05, 0) is 31.7 Å². The molecule has 0 amide bonds. The molecule has 0 radical (unpaired) electrons. The average molecular weight is 274 g/mol. The van der Waals surface area contributed by atoms with Gasteiger partial charge in [0, 0.05) is 6.61 Å². The second-order valence-corrected chi connectivity index (χ2v) is 5.00. The Bertz CT molecular complexity index is 433. The van der Waals surface area contributed by atoms with E-state index < -0.39 is 0 Å². The van der Waals surface area contributed by atoms with Crippen LogP contribution in [0.15, 0.2) is 36.4 Å². The molecule has 0 aromatic heterocycles. The molecule has 2 atom stereocenters. The molecule has 20 heavy (non-hydrogen) atoms. The van der Waals surface area contributed by atoms with Crippen molar-refractivity contribution in [3.63, 3.8) is 0 Å². The summed E-state index contributed by atoms with van der Waals surface area (Å²) in [5, 5.41) is 0. The maximum Gasteiger partial charge on any atom is 0.312 e. The minimum absolute atomic E-state index is 0.157. The van der Waals surface area contributed by atoms with E-state index in [9.17, 15) is 4.79 Å². The van der Waals surface area contributed by atoms with Gasteiger partial charge in [-0.25, -0.2) is 0 Å². The van der Waals surface area contributed by atoms with E-state index >= 15 is 0 Å². The molecule has 108 valence electrons. The van der Waals surface area contributed by atoms with E-state index in [0.29, 0.717) is 13.0 Å². The van der Waals surface area contributed by atoms with Crippen molar-refractivity contribution in [1.29, 1.82) is 0 Å². The molecule has 1 saturated heterocycles. The van der Waals surface area contributed by atoms with Gasteiger partial charge < -0.3 is 9.47 Å². The molecule has 0 spiro atoms. The molecular weight excluding hydrogens is 252 g/mol. The maximum absolute atomic E-state index is 12.0. The Balaban J connectivity index is 2.01. The van der Waals surface area contributed by atoms with Crippen LogP contribution in [0.2, 0.25) is 0 Å². The molecule has 1 aromatic rings. The van der Waals surface area contributed by atoms with Gasteiger partial charge in [-0.3, -0.25) is 4.79 Å². The van der Waals surface area contributed by atoms with E-state index in [2.05, 4.69) is 0 Å². The molecule has 0 aliphatic carbocycles. The minimum Gasteiger partial charge on any atom is -0.466 e. The highest BCUT2D eigenvalue weighted by Crippen LogP contribution is 2.22. The lowest BCUT2D eigenvalue weighted by atomic mass is 9.98. The number of carbonyl (C=O) groups is 1. The Morgan fingerprint density at radius 1 is 1.45 bits per heavy atom. The molecular formula is C17H22O3. The van der Waals surface area contributed by atoms with Crippen LogP contribution in [-0.4, -0.2) is 25.3 Å². The van der Waals surface area contributed by atoms with Crippen molar-refractivity contribution in [2.45, 2.75) is 32.3 Å². The molecule has 2 rings (SSSR count). The first-order chi connectivity index (χ1) is 9.79. The molecule has 0 saturated carbocycles. The van der Waals surface area contributed by atoms with Crippen molar-refractivity contribution < 1.29 is 14.3 Å². The highest BCUT2D eigenvalue weighted by molar-refractivity contribution is 5.76. The lowest BCUT2D eigenvalue weighted by Crippen LogP contribution is -2.21. The standard InChI is InChI=1S/C17H22O3/c1-2-19-17(18)15(13-16-9-6-12-20-16)11-10-14-7-4-3-5-8-14/h3-5,7-8,10-11,15-16H,2,6,9,12-13H2,1H3/b11-10+. The number of benzene rings is 1. The molecule has 1 heterocycles. The van der Waals surface area contributed by atoms with Crippen molar-refractivity contribution in [3.05, 3.63) is 42.0 Å². The zero-order chi connectivity index (χ0) is 14.2. The predicted molar refractivity (Wildman–Crippen MR) is 79.2 cm³/mol. The van der Waals surface area contributed by atoms with Crippen LogP contribution in [0, 0.1) is 5.92 Å². The molecule has 1 aromatic carbocycles. The molecule has 0 N–H and O–H groups in total. The van der Waals surface area contributed by atoms with Crippen LogP contribution in [0.1, 0.15) is 31.7 Å². The van der Waals surface area contributed by atoms with Crippen LogP contribution in [0.4, 0.5) is 0 Å². The van der Waals surface area contributed by atoms with Crippen LogP contribution in [0.5, 0.6) is 0 Å². The van der Waals surface area contributed by atoms with Gasteiger partial charge in [0.25, 0.3) is 0 Å². The molecule has 2 unspecified atom stereocenters. The summed E-state index contributed by atoms with van der Waals surface area (Å²) in [5.74, 6) is -0.381. The summed E-state index contributed by atoms with van der Waals surface area (Å²) >= 11 is 0. The SMILES string of the molecule is CCOC(=O)C(/C=C/c1ccccc1)CC1CCCO1. The second kappa shape index (κ2) is 7.85. The molecule has 1 fully saturated rings. The Hall–Kier alpha value is -1.61. The van der Waals surface area contributed by atoms with Crippen LogP contribution < -0.4 is 0 Å². The summed E-state index contributed by atoms with van der Waals surface area (Å²) in [5.41, 5.74) is 1.09. The monoisotopic (exact) mass is 274 g/mol. The van der Waals surface area contributed by atoms with E-state index in [1.807, 2.05) is 49.4 Å². The van der Waals surface area contributed by atoms with Gasteiger partial charge in [0.1, 0.15) is 0 Å². The number of ether oxygens (including phenoxy) is 2. The van der Waals surface area contributed by atoms with Gasteiger partial charge in [-0.2, -0.15) is 0 Å². The Morgan fingerprint density at radius 2 is 2.25 bits per heavy atom. The van der Waals surface area contributed by atoms with Gasteiger partial charge >= 0.3 is 5.97 Å². The topological polar surface area (TPSA) is 35.5 Å². The average Bonchev–Trinajstić information content (AvgIpc) is 2.97. The fourth-order valence-electron chi connectivity index (χ4n) is 2.41. The van der Waals surface area contributed by atoms with E-state index in [-0.39, 0.29) is 18.0 Å². The fourth-order valence-corrected chi connectivity index (χ4v) is 2.41. The molecule has 0 bridgehead atoms. The quantitative estimate of drug-likeness (QED) is 0.745. The van der Waals surface area contributed by atoms with Crippen LogP contribution >= 0.6 is 0 Å². The van der Waals surface area contributed by atoms with E-state index in [1.54, 1.807) is 0 Å². The summed E-state index contributed by atoms with van der Waals surface area (Å²) in [4.78, 5) is 12.0. The summed E-state index contributed by atoms with van der Waals surface area (Å²) < 4.78 is 10.8. The number of hydrogen-bond acceptors (Lipinski definition) is 3. The van der Waals surface area contributed by atoms with Crippen molar-refractivity contribution in [2.24, 2.45) is 5.92 Å². The van der Waals surface area contributed by atoms with Gasteiger partial charge in [-0.15, -0.1) is 0 Å². The third-order valence-corrected chi connectivity index (χ3v) is 3.45. The zero-order valence-electron chi connectivity index (χ0n) is 12.0. The van der Waals surface area contributed by atoms with Crippen molar-refractivity contribution in [3.8, 4) is 0 Å². The molecule has 1 aliphatic rings. The largest absolute Gasteiger partial charge is 0.466 e.